The van der Waals surface area contributed by atoms with Crippen LogP contribution in [0.3, 0.4) is 0 Å². The number of rotatable bonds is 8. The molecule has 0 saturated carbocycles. The highest BCUT2D eigenvalue weighted by atomic mass is 16.2. The molecule has 2 saturated heterocycles. The summed E-state index contributed by atoms with van der Waals surface area (Å²) in [4.78, 5) is 21.5. The third-order valence-electron chi connectivity index (χ3n) is 5.73. The molecule has 1 aromatic rings. The number of anilines is 1. The van der Waals surface area contributed by atoms with Crippen molar-refractivity contribution >= 4 is 11.7 Å². The van der Waals surface area contributed by atoms with E-state index < -0.39 is 0 Å². The van der Waals surface area contributed by atoms with Gasteiger partial charge in [0.1, 0.15) is 11.6 Å². The van der Waals surface area contributed by atoms with Crippen LogP contribution in [0.2, 0.25) is 0 Å². The van der Waals surface area contributed by atoms with Gasteiger partial charge in [-0.15, -0.1) is 0 Å². The molecule has 2 fully saturated rings. The largest absolute Gasteiger partial charge is 0.368 e. The Balaban J connectivity index is 1.40. The van der Waals surface area contributed by atoms with Crippen LogP contribution in [-0.2, 0) is 11.2 Å². The summed E-state index contributed by atoms with van der Waals surface area (Å²) in [6.07, 6.45) is 6.44. The Morgan fingerprint density at radius 2 is 2.11 bits per heavy atom. The van der Waals surface area contributed by atoms with Gasteiger partial charge in [0.15, 0.2) is 0 Å². The summed E-state index contributed by atoms with van der Waals surface area (Å²) in [7, 11) is 0. The lowest BCUT2D eigenvalue weighted by Crippen LogP contribution is -2.42. The summed E-state index contributed by atoms with van der Waals surface area (Å²) >= 11 is 0. The van der Waals surface area contributed by atoms with Crippen molar-refractivity contribution in [2.45, 2.75) is 58.4 Å². The van der Waals surface area contributed by atoms with E-state index in [9.17, 15) is 4.79 Å². The molecule has 7 nitrogen and oxygen atoms in total. The van der Waals surface area contributed by atoms with E-state index >= 15 is 0 Å². The van der Waals surface area contributed by atoms with Crippen LogP contribution in [0, 0.1) is 12.3 Å². The van der Waals surface area contributed by atoms with E-state index in [1.54, 1.807) is 0 Å². The topological polar surface area (TPSA) is 91.0 Å². The van der Waals surface area contributed by atoms with E-state index in [-0.39, 0.29) is 11.9 Å². The fourth-order valence-electron chi connectivity index (χ4n) is 4.11. The number of carbonyl (C=O) groups is 1. The Kier molecular flexibility index (Phi) is 7.01. The van der Waals surface area contributed by atoms with Gasteiger partial charge >= 0.3 is 0 Å². The molecule has 0 aliphatic carbocycles. The molecule has 1 atom stereocenters. The third-order valence-corrected chi connectivity index (χ3v) is 5.73. The molecule has 1 amide bonds. The minimum Gasteiger partial charge on any atom is -0.368 e. The normalized spacial score (nSPS) is 21.3. The number of nitrogens with one attached hydrogen (secondary N) is 4. The highest BCUT2D eigenvalue weighted by Gasteiger charge is 2.41. The quantitative estimate of drug-likeness (QED) is 0.514. The first kappa shape index (κ1) is 20.0. The smallest absolute Gasteiger partial charge is 0.237 e. The molecule has 0 unspecified atom stereocenters. The van der Waals surface area contributed by atoms with E-state index in [1.807, 2.05) is 13.0 Å². The molecule has 0 bridgehead atoms. The average molecular weight is 375 g/mol. The van der Waals surface area contributed by atoms with Crippen molar-refractivity contribution in [2.75, 3.05) is 38.0 Å². The maximum Gasteiger partial charge on any atom is 0.237 e. The van der Waals surface area contributed by atoms with Crippen LogP contribution in [0.4, 0.5) is 5.82 Å². The monoisotopic (exact) mass is 374 g/mol. The molecular weight excluding hydrogens is 340 g/mol. The lowest BCUT2D eigenvalue weighted by atomic mass is 9.77. The molecule has 0 radical (unpaired) electrons. The second kappa shape index (κ2) is 9.46. The van der Waals surface area contributed by atoms with Crippen LogP contribution in [0.15, 0.2) is 6.07 Å². The van der Waals surface area contributed by atoms with Gasteiger partial charge in [-0.1, -0.05) is 13.3 Å². The van der Waals surface area contributed by atoms with Crippen LogP contribution in [-0.4, -0.2) is 54.6 Å². The first-order chi connectivity index (χ1) is 13.1. The molecule has 1 spiro atoms. The van der Waals surface area contributed by atoms with Crippen molar-refractivity contribution in [3.63, 3.8) is 0 Å². The number of hydrogen-bond acceptors (Lipinski definition) is 6. The molecule has 1 aromatic heterocycles. The average Bonchev–Trinajstić information content (AvgIpc) is 3.07. The van der Waals surface area contributed by atoms with Crippen molar-refractivity contribution in [1.29, 1.82) is 0 Å². The van der Waals surface area contributed by atoms with Crippen LogP contribution in [0.5, 0.6) is 0 Å². The number of amides is 1. The van der Waals surface area contributed by atoms with Crippen molar-refractivity contribution in [2.24, 2.45) is 5.41 Å². The van der Waals surface area contributed by atoms with Crippen molar-refractivity contribution < 1.29 is 4.79 Å². The molecule has 3 heterocycles. The number of aryl methyl sites for hydroxylation is 2. The number of carbonyl (C=O) groups excluding carboxylic acids is 1. The SMILES string of the molecule is CCCCc1nc(C)cc(NCCNC(=O)[C@H]2CC3(CCNCC3)CN2)n1. The van der Waals surface area contributed by atoms with E-state index in [0.29, 0.717) is 18.5 Å². The Bertz CT molecular complexity index is 629. The van der Waals surface area contributed by atoms with Crippen LogP contribution >= 0.6 is 0 Å². The minimum absolute atomic E-state index is 0.0509. The van der Waals surface area contributed by atoms with Crippen molar-refractivity contribution in [1.82, 2.24) is 25.9 Å². The predicted molar refractivity (Wildman–Crippen MR) is 108 cm³/mol. The van der Waals surface area contributed by atoms with Crippen molar-refractivity contribution in [3.8, 4) is 0 Å². The second-order valence-electron chi connectivity index (χ2n) is 8.02. The molecule has 4 N–H and O–H groups in total. The standard InChI is InChI=1S/C20H34N6O/c1-3-4-5-17-25-15(2)12-18(26-17)22-10-11-23-19(27)16-13-20(14-24-16)6-8-21-9-7-20/h12,16,21,24H,3-11,13-14H2,1-2H3,(H,23,27)(H,22,25,26)/t16-/m1/s1. The van der Waals surface area contributed by atoms with Gasteiger partial charge < -0.3 is 21.3 Å². The van der Waals surface area contributed by atoms with E-state index in [4.69, 9.17) is 0 Å². The maximum absolute atomic E-state index is 12.5. The Hall–Kier alpha value is -1.73. The molecule has 27 heavy (non-hydrogen) atoms. The van der Waals surface area contributed by atoms with Crippen molar-refractivity contribution in [3.05, 3.63) is 17.6 Å². The highest BCUT2D eigenvalue weighted by Crippen LogP contribution is 2.37. The molecule has 0 aromatic carbocycles. The molecular formula is C20H34N6O. The Morgan fingerprint density at radius 3 is 2.89 bits per heavy atom. The predicted octanol–water partition coefficient (Wildman–Crippen LogP) is 1.39. The van der Waals surface area contributed by atoms with Gasteiger partial charge in [0.25, 0.3) is 0 Å². The van der Waals surface area contributed by atoms with E-state index in [1.165, 1.54) is 12.8 Å². The zero-order valence-electron chi connectivity index (χ0n) is 16.7. The molecule has 2 aliphatic heterocycles. The molecule has 2 aliphatic rings. The summed E-state index contributed by atoms with van der Waals surface area (Å²) in [6, 6.07) is 1.90. The summed E-state index contributed by atoms with van der Waals surface area (Å²) in [5.41, 5.74) is 1.30. The number of aromatic nitrogens is 2. The third kappa shape index (κ3) is 5.62. The van der Waals surface area contributed by atoms with Gasteiger partial charge in [-0.3, -0.25) is 4.79 Å². The van der Waals surface area contributed by atoms with Crippen LogP contribution in [0.25, 0.3) is 0 Å². The Labute approximate surface area is 162 Å². The maximum atomic E-state index is 12.5. The van der Waals surface area contributed by atoms with Gasteiger partial charge in [0.2, 0.25) is 5.91 Å². The molecule has 3 rings (SSSR count). The Morgan fingerprint density at radius 1 is 1.30 bits per heavy atom. The lowest BCUT2D eigenvalue weighted by Gasteiger charge is -2.33. The summed E-state index contributed by atoms with van der Waals surface area (Å²) in [5.74, 6) is 1.86. The number of hydrogen-bond donors (Lipinski definition) is 4. The number of nitrogens with zero attached hydrogens (tertiary/aromatic N) is 2. The number of piperidine rings is 1. The first-order valence-electron chi connectivity index (χ1n) is 10.4. The summed E-state index contributed by atoms with van der Waals surface area (Å²) in [5, 5.41) is 13.2. The van der Waals surface area contributed by atoms with Gasteiger partial charge in [0.05, 0.1) is 6.04 Å². The van der Waals surface area contributed by atoms with Crippen LogP contribution < -0.4 is 21.3 Å². The first-order valence-corrected chi connectivity index (χ1v) is 10.4. The number of unbranched alkanes of at least 4 members (excludes halogenated alkanes) is 1. The van der Waals surface area contributed by atoms with Gasteiger partial charge in [-0.25, -0.2) is 9.97 Å². The zero-order chi connectivity index (χ0) is 19.1. The molecule has 7 heteroatoms. The second-order valence-corrected chi connectivity index (χ2v) is 8.02. The fraction of sp³-hybridized carbons (Fsp3) is 0.750. The van der Waals surface area contributed by atoms with Crippen LogP contribution in [0.1, 0.15) is 50.5 Å². The minimum atomic E-state index is -0.0509. The van der Waals surface area contributed by atoms with E-state index in [2.05, 4.69) is 38.2 Å². The zero-order valence-corrected chi connectivity index (χ0v) is 16.7. The highest BCUT2D eigenvalue weighted by molar-refractivity contribution is 5.82. The van der Waals surface area contributed by atoms with Gasteiger partial charge in [-0.05, 0) is 51.1 Å². The fourth-order valence-corrected chi connectivity index (χ4v) is 4.11. The summed E-state index contributed by atoms with van der Waals surface area (Å²) < 4.78 is 0. The summed E-state index contributed by atoms with van der Waals surface area (Å²) in [6.45, 7) is 8.52. The van der Waals surface area contributed by atoms with Gasteiger partial charge in [0, 0.05) is 37.8 Å². The lowest BCUT2D eigenvalue weighted by molar-refractivity contribution is -0.122. The van der Waals surface area contributed by atoms with E-state index in [0.717, 1.165) is 62.7 Å². The van der Waals surface area contributed by atoms with Gasteiger partial charge in [-0.2, -0.15) is 0 Å². The molecule has 150 valence electrons.